The third kappa shape index (κ3) is 4.40. The maximum absolute atomic E-state index is 12.9. The highest BCUT2D eigenvalue weighted by molar-refractivity contribution is 6.09. The van der Waals surface area contributed by atoms with E-state index in [1.165, 1.54) is 31.2 Å². The number of carbonyl (C=O) groups is 3. The number of carbonyl (C=O) groups excluding carboxylic acids is 3. The molecule has 2 aromatic rings. The summed E-state index contributed by atoms with van der Waals surface area (Å²) < 4.78 is 28.9. The van der Waals surface area contributed by atoms with E-state index in [0.29, 0.717) is 5.56 Å². The lowest BCUT2D eigenvalue weighted by molar-refractivity contribution is -0.135. The van der Waals surface area contributed by atoms with E-state index in [4.69, 9.17) is 0 Å². The van der Waals surface area contributed by atoms with Gasteiger partial charge in [-0.3, -0.25) is 14.5 Å². The van der Waals surface area contributed by atoms with Crippen molar-refractivity contribution in [3.8, 4) is 5.75 Å². The minimum atomic E-state index is -2.97. The molecule has 0 aromatic heterocycles. The summed E-state index contributed by atoms with van der Waals surface area (Å²) >= 11 is 0. The van der Waals surface area contributed by atoms with Crippen molar-refractivity contribution in [1.82, 2.24) is 15.5 Å². The average molecular weight is 417 g/mol. The van der Waals surface area contributed by atoms with Gasteiger partial charge in [-0.05, 0) is 37.1 Å². The summed E-state index contributed by atoms with van der Waals surface area (Å²) in [5, 5.41) is 5.32. The fraction of sp³-hybridized carbons (Fsp3) is 0.286. The van der Waals surface area contributed by atoms with Crippen LogP contribution in [0.25, 0.3) is 0 Å². The zero-order chi connectivity index (χ0) is 21.9. The van der Waals surface area contributed by atoms with Crippen molar-refractivity contribution in [2.24, 2.45) is 0 Å². The van der Waals surface area contributed by atoms with Crippen molar-refractivity contribution in [2.75, 3.05) is 6.54 Å². The summed E-state index contributed by atoms with van der Waals surface area (Å²) in [5.41, 5.74) is -0.159. The number of alkyl halides is 2. The quantitative estimate of drug-likeness (QED) is 0.678. The van der Waals surface area contributed by atoms with Gasteiger partial charge in [0, 0.05) is 0 Å². The van der Waals surface area contributed by atoms with Gasteiger partial charge in [-0.15, -0.1) is 0 Å². The summed E-state index contributed by atoms with van der Waals surface area (Å²) in [6.07, 6.45) is 0. The van der Waals surface area contributed by atoms with Crippen molar-refractivity contribution < 1.29 is 27.9 Å². The van der Waals surface area contributed by atoms with E-state index in [0.717, 1.165) is 10.5 Å². The first-order chi connectivity index (χ1) is 14.2. The molecule has 0 saturated carbocycles. The number of benzene rings is 2. The van der Waals surface area contributed by atoms with Gasteiger partial charge in [0.05, 0.1) is 6.04 Å². The molecule has 1 fully saturated rings. The summed E-state index contributed by atoms with van der Waals surface area (Å²) in [5.74, 6) is -1.17. The SMILES string of the molecule is C[C@@H](NC(=O)CN1C(=O)N[C@](C)(c2ccc(OC(F)F)cc2)C1=O)c1ccccc1. The third-order valence-electron chi connectivity index (χ3n) is 4.91. The van der Waals surface area contributed by atoms with Gasteiger partial charge in [-0.25, -0.2) is 4.79 Å². The molecule has 0 spiro atoms. The number of halogens is 2. The number of hydrogen-bond acceptors (Lipinski definition) is 4. The first-order valence-corrected chi connectivity index (χ1v) is 9.24. The van der Waals surface area contributed by atoms with E-state index >= 15 is 0 Å². The van der Waals surface area contributed by atoms with Crippen LogP contribution in [0, 0.1) is 0 Å². The van der Waals surface area contributed by atoms with Gasteiger partial charge in [-0.2, -0.15) is 8.78 Å². The second-order valence-electron chi connectivity index (χ2n) is 7.05. The van der Waals surface area contributed by atoms with Crippen molar-refractivity contribution in [3.05, 3.63) is 65.7 Å². The number of hydrogen-bond donors (Lipinski definition) is 2. The zero-order valence-corrected chi connectivity index (χ0v) is 16.4. The van der Waals surface area contributed by atoms with Gasteiger partial charge in [0.15, 0.2) is 0 Å². The van der Waals surface area contributed by atoms with E-state index in [-0.39, 0.29) is 11.8 Å². The van der Waals surface area contributed by atoms with Gasteiger partial charge in [-0.1, -0.05) is 42.5 Å². The molecule has 1 heterocycles. The molecule has 4 amide bonds. The highest BCUT2D eigenvalue weighted by Crippen LogP contribution is 2.30. The van der Waals surface area contributed by atoms with E-state index in [1.807, 2.05) is 30.3 Å². The minimum Gasteiger partial charge on any atom is -0.435 e. The molecule has 0 radical (unpaired) electrons. The molecule has 1 aliphatic rings. The molecule has 3 rings (SSSR count). The zero-order valence-electron chi connectivity index (χ0n) is 16.4. The Balaban J connectivity index is 1.68. The summed E-state index contributed by atoms with van der Waals surface area (Å²) in [7, 11) is 0. The highest BCUT2D eigenvalue weighted by atomic mass is 19.3. The molecule has 9 heteroatoms. The second kappa shape index (κ2) is 8.48. The standard InChI is InChI=1S/C21H21F2N3O4/c1-13(14-6-4-3-5-7-14)24-17(27)12-26-18(28)21(2,25-20(26)29)15-8-10-16(11-9-15)30-19(22)23/h3-11,13,19H,12H2,1-2H3,(H,24,27)(H,25,29)/t13-,21-/m1/s1. The smallest absolute Gasteiger partial charge is 0.387 e. The Bertz CT molecular complexity index is 937. The molecule has 0 bridgehead atoms. The molecule has 2 atom stereocenters. The lowest BCUT2D eigenvalue weighted by atomic mass is 9.92. The summed E-state index contributed by atoms with van der Waals surface area (Å²) in [6.45, 7) is -0.122. The molecular formula is C21H21F2N3O4. The number of amides is 4. The van der Waals surface area contributed by atoms with Gasteiger partial charge in [0.2, 0.25) is 5.91 Å². The maximum atomic E-state index is 12.9. The number of urea groups is 1. The van der Waals surface area contributed by atoms with Gasteiger partial charge >= 0.3 is 12.6 Å². The van der Waals surface area contributed by atoms with E-state index in [9.17, 15) is 23.2 Å². The molecule has 2 aromatic carbocycles. The Morgan fingerprint density at radius 3 is 2.37 bits per heavy atom. The topological polar surface area (TPSA) is 87.7 Å². The third-order valence-corrected chi connectivity index (χ3v) is 4.91. The van der Waals surface area contributed by atoms with Crippen LogP contribution in [0.4, 0.5) is 13.6 Å². The van der Waals surface area contributed by atoms with E-state index in [2.05, 4.69) is 15.4 Å². The molecule has 1 aliphatic heterocycles. The summed E-state index contributed by atoms with van der Waals surface area (Å²) in [6, 6.07) is 13.6. The van der Waals surface area contributed by atoms with Crippen LogP contribution in [0.1, 0.15) is 31.0 Å². The lowest BCUT2D eigenvalue weighted by Gasteiger charge is -2.22. The van der Waals surface area contributed by atoms with Gasteiger partial charge < -0.3 is 15.4 Å². The number of rotatable bonds is 7. The van der Waals surface area contributed by atoms with Crippen LogP contribution in [0.5, 0.6) is 5.75 Å². The monoisotopic (exact) mass is 417 g/mol. The fourth-order valence-electron chi connectivity index (χ4n) is 3.26. The average Bonchev–Trinajstić information content (AvgIpc) is 2.92. The van der Waals surface area contributed by atoms with Crippen LogP contribution < -0.4 is 15.4 Å². The Morgan fingerprint density at radius 1 is 1.13 bits per heavy atom. The van der Waals surface area contributed by atoms with E-state index < -0.39 is 36.5 Å². The lowest BCUT2D eigenvalue weighted by Crippen LogP contribution is -2.43. The van der Waals surface area contributed by atoms with Gasteiger partial charge in [0.1, 0.15) is 17.8 Å². The van der Waals surface area contributed by atoms with Gasteiger partial charge in [0.25, 0.3) is 5.91 Å². The van der Waals surface area contributed by atoms with Crippen molar-refractivity contribution in [2.45, 2.75) is 32.0 Å². The van der Waals surface area contributed by atoms with Crippen LogP contribution in [-0.4, -0.2) is 35.9 Å². The van der Waals surface area contributed by atoms with Crippen LogP contribution in [-0.2, 0) is 15.1 Å². The fourth-order valence-corrected chi connectivity index (χ4v) is 3.26. The molecule has 1 saturated heterocycles. The Morgan fingerprint density at radius 2 is 1.77 bits per heavy atom. The maximum Gasteiger partial charge on any atom is 0.387 e. The summed E-state index contributed by atoms with van der Waals surface area (Å²) in [4.78, 5) is 38.5. The Labute approximate surface area is 172 Å². The first-order valence-electron chi connectivity index (χ1n) is 9.24. The minimum absolute atomic E-state index is 0.0692. The second-order valence-corrected chi connectivity index (χ2v) is 7.05. The molecule has 7 nitrogen and oxygen atoms in total. The number of imide groups is 1. The molecule has 0 unspecified atom stereocenters. The van der Waals surface area contributed by atoms with Crippen molar-refractivity contribution >= 4 is 17.8 Å². The first kappa shape index (κ1) is 21.2. The highest BCUT2D eigenvalue weighted by Gasteiger charge is 2.49. The molecule has 2 N–H and O–H groups in total. The molecule has 30 heavy (non-hydrogen) atoms. The number of ether oxygens (including phenoxy) is 1. The molecule has 158 valence electrons. The Kier molecular flexibility index (Phi) is 6.00. The molecule has 0 aliphatic carbocycles. The predicted octanol–water partition coefficient (Wildman–Crippen LogP) is 2.93. The van der Waals surface area contributed by atoms with Crippen LogP contribution >= 0.6 is 0 Å². The Hall–Kier alpha value is -3.49. The van der Waals surface area contributed by atoms with Crippen LogP contribution in [0.3, 0.4) is 0 Å². The predicted molar refractivity (Wildman–Crippen MR) is 104 cm³/mol. The largest absolute Gasteiger partial charge is 0.435 e. The van der Waals surface area contributed by atoms with Crippen molar-refractivity contribution in [1.29, 1.82) is 0 Å². The van der Waals surface area contributed by atoms with Crippen molar-refractivity contribution in [3.63, 3.8) is 0 Å². The van der Waals surface area contributed by atoms with Crippen LogP contribution in [0.2, 0.25) is 0 Å². The number of nitrogens with one attached hydrogen (secondary N) is 2. The normalized spacial score (nSPS) is 19.6. The molecular weight excluding hydrogens is 396 g/mol. The number of nitrogens with zero attached hydrogens (tertiary/aromatic N) is 1. The van der Waals surface area contributed by atoms with E-state index in [1.54, 1.807) is 6.92 Å². The van der Waals surface area contributed by atoms with Crippen LogP contribution in [0.15, 0.2) is 54.6 Å².